The van der Waals surface area contributed by atoms with Crippen molar-refractivity contribution in [2.75, 3.05) is 0 Å². The standard InChI is InChI=1S/C17H23N3O5/c1-17(2,3)9-8-11(16(22)23)18-13(21)6-7-14-19-15(20-25-14)12-5-4-10-24-12/h4-5,10-11H,6-9H2,1-3H3,(H,18,21)(H,22,23). The molecule has 0 radical (unpaired) electrons. The van der Waals surface area contributed by atoms with E-state index in [1.165, 1.54) is 6.26 Å². The minimum Gasteiger partial charge on any atom is -0.480 e. The van der Waals surface area contributed by atoms with Gasteiger partial charge in [-0.2, -0.15) is 4.98 Å². The molecule has 1 atom stereocenters. The van der Waals surface area contributed by atoms with Gasteiger partial charge in [-0.1, -0.05) is 25.9 Å². The van der Waals surface area contributed by atoms with E-state index in [9.17, 15) is 14.7 Å². The molecule has 25 heavy (non-hydrogen) atoms. The van der Waals surface area contributed by atoms with Crippen LogP contribution in [0.15, 0.2) is 27.3 Å². The summed E-state index contributed by atoms with van der Waals surface area (Å²) < 4.78 is 10.2. The van der Waals surface area contributed by atoms with Crippen LogP contribution in [0.5, 0.6) is 0 Å². The maximum absolute atomic E-state index is 12.0. The van der Waals surface area contributed by atoms with E-state index in [1.807, 2.05) is 20.8 Å². The third-order valence-corrected chi connectivity index (χ3v) is 3.59. The molecule has 8 nitrogen and oxygen atoms in total. The highest BCUT2D eigenvalue weighted by Gasteiger charge is 2.23. The number of nitrogens with zero attached hydrogens (tertiary/aromatic N) is 2. The lowest BCUT2D eigenvalue weighted by Gasteiger charge is -2.21. The monoisotopic (exact) mass is 349 g/mol. The van der Waals surface area contributed by atoms with E-state index in [0.29, 0.717) is 30.3 Å². The Labute approximate surface area is 145 Å². The zero-order chi connectivity index (χ0) is 18.4. The van der Waals surface area contributed by atoms with Crippen LogP contribution in [0.2, 0.25) is 0 Å². The molecule has 0 aliphatic carbocycles. The lowest BCUT2D eigenvalue weighted by molar-refractivity contribution is -0.142. The van der Waals surface area contributed by atoms with Crippen molar-refractivity contribution in [3.05, 3.63) is 24.3 Å². The lowest BCUT2D eigenvalue weighted by atomic mass is 9.88. The van der Waals surface area contributed by atoms with Gasteiger partial charge in [-0.15, -0.1) is 0 Å². The van der Waals surface area contributed by atoms with Gasteiger partial charge in [0, 0.05) is 12.8 Å². The van der Waals surface area contributed by atoms with Gasteiger partial charge in [-0.05, 0) is 30.4 Å². The van der Waals surface area contributed by atoms with Crippen LogP contribution < -0.4 is 5.32 Å². The summed E-state index contributed by atoms with van der Waals surface area (Å²) in [6.07, 6.45) is 2.88. The first-order chi connectivity index (χ1) is 11.7. The first-order valence-corrected chi connectivity index (χ1v) is 8.13. The molecule has 2 heterocycles. The number of hydrogen-bond donors (Lipinski definition) is 2. The van der Waals surface area contributed by atoms with Gasteiger partial charge in [0.25, 0.3) is 0 Å². The van der Waals surface area contributed by atoms with Crippen molar-refractivity contribution in [1.29, 1.82) is 0 Å². The lowest BCUT2D eigenvalue weighted by Crippen LogP contribution is -2.41. The van der Waals surface area contributed by atoms with E-state index in [1.54, 1.807) is 12.1 Å². The van der Waals surface area contributed by atoms with Crippen LogP contribution in [0, 0.1) is 5.41 Å². The van der Waals surface area contributed by atoms with Gasteiger partial charge < -0.3 is 19.4 Å². The summed E-state index contributed by atoms with van der Waals surface area (Å²) in [5.41, 5.74) is 0.00440. The molecule has 2 rings (SSSR count). The molecule has 2 aromatic heterocycles. The molecule has 0 saturated heterocycles. The second-order valence-corrected chi connectivity index (χ2v) is 7.05. The number of carboxylic acids is 1. The molecule has 0 bridgehead atoms. The number of aromatic nitrogens is 2. The molecule has 0 spiro atoms. The normalized spacial score (nSPS) is 12.8. The number of hydrogen-bond acceptors (Lipinski definition) is 6. The van der Waals surface area contributed by atoms with Crippen molar-refractivity contribution in [1.82, 2.24) is 15.5 Å². The molecule has 2 aromatic rings. The molecule has 136 valence electrons. The molecule has 2 N–H and O–H groups in total. The summed E-state index contributed by atoms with van der Waals surface area (Å²) in [7, 11) is 0. The number of carbonyl (C=O) groups excluding carboxylic acids is 1. The van der Waals surface area contributed by atoms with E-state index < -0.39 is 12.0 Å². The first kappa shape index (κ1) is 18.7. The number of carbonyl (C=O) groups is 2. The smallest absolute Gasteiger partial charge is 0.326 e. The molecule has 0 aliphatic heterocycles. The number of rotatable bonds is 8. The van der Waals surface area contributed by atoms with Gasteiger partial charge in [0.1, 0.15) is 6.04 Å². The van der Waals surface area contributed by atoms with Crippen LogP contribution in [-0.2, 0) is 16.0 Å². The predicted octanol–water partition coefficient (Wildman–Crippen LogP) is 2.66. The van der Waals surface area contributed by atoms with Crippen molar-refractivity contribution >= 4 is 11.9 Å². The van der Waals surface area contributed by atoms with Gasteiger partial charge in [0.05, 0.1) is 6.26 Å². The molecule has 0 aliphatic rings. The van der Waals surface area contributed by atoms with Crippen LogP contribution in [-0.4, -0.2) is 33.2 Å². The Morgan fingerprint density at radius 3 is 2.72 bits per heavy atom. The summed E-state index contributed by atoms with van der Waals surface area (Å²) in [6, 6.07) is 2.52. The highest BCUT2D eigenvalue weighted by Crippen LogP contribution is 2.21. The fourth-order valence-electron chi connectivity index (χ4n) is 2.18. The molecular weight excluding hydrogens is 326 g/mol. The van der Waals surface area contributed by atoms with Crippen LogP contribution in [0.3, 0.4) is 0 Å². The highest BCUT2D eigenvalue weighted by atomic mass is 16.5. The number of carboxylic acid groups (broad SMARTS) is 1. The summed E-state index contributed by atoms with van der Waals surface area (Å²) in [4.78, 5) is 27.4. The third kappa shape index (κ3) is 6.06. The molecule has 0 aromatic carbocycles. The zero-order valence-corrected chi connectivity index (χ0v) is 14.6. The number of aryl methyl sites for hydroxylation is 1. The number of amides is 1. The topological polar surface area (TPSA) is 118 Å². The molecule has 8 heteroatoms. The second-order valence-electron chi connectivity index (χ2n) is 7.05. The van der Waals surface area contributed by atoms with Crippen molar-refractivity contribution in [3.8, 4) is 11.6 Å². The van der Waals surface area contributed by atoms with Crippen LogP contribution in [0.25, 0.3) is 11.6 Å². The summed E-state index contributed by atoms with van der Waals surface area (Å²) >= 11 is 0. The van der Waals surface area contributed by atoms with Crippen LogP contribution >= 0.6 is 0 Å². The van der Waals surface area contributed by atoms with E-state index in [-0.39, 0.29) is 24.2 Å². The van der Waals surface area contributed by atoms with Gasteiger partial charge in [0.15, 0.2) is 5.76 Å². The Morgan fingerprint density at radius 1 is 1.36 bits per heavy atom. The predicted molar refractivity (Wildman–Crippen MR) is 88.6 cm³/mol. The van der Waals surface area contributed by atoms with Crippen molar-refractivity contribution in [2.24, 2.45) is 5.41 Å². The Balaban J connectivity index is 1.83. The molecule has 1 amide bonds. The second kappa shape index (κ2) is 7.96. The minimum absolute atomic E-state index is 0.00440. The highest BCUT2D eigenvalue weighted by molar-refractivity contribution is 5.83. The quantitative estimate of drug-likeness (QED) is 0.752. The van der Waals surface area contributed by atoms with Gasteiger partial charge in [0.2, 0.25) is 17.6 Å². The Kier molecular flexibility index (Phi) is 5.95. The van der Waals surface area contributed by atoms with Gasteiger partial charge >= 0.3 is 5.97 Å². The molecular formula is C17H23N3O5. The van der Waals surface area contributed by atoms with Crippen molar-refractivity contribution < 1.29 is 23.6 Å². The summed E-state index contributed by atoms with van der Waals surface area (Å²) in [5, 5.41) is 15.6. The largest absolute Gasteiger partial charge is 0.480 e. The Bertz CT molecular complexity index is 700. The number of furan rings is 1. The first-order valence-electron chi connectivity index (χ1n) is 8.13. The SMILES string of the molecule is CC(C)(C)CCC(NC(=O)CCc1nc(-c2ccco2)no1)C(=O)O. The van der Waals surface area contributed by atoms with E-state index in [2.05, 4.69) is 15.5 Å². The molecule has 1 unspecified atom stereocenters. The Hall–Kier alpha value is -2.64. The number of nitrogens with one attached hydrogen (secondary N) is 1. The van der Waals surface area contributed by atoms with Gasteiger partial charge in [-0.25, -0.2) is 4.79 Å². The summed E-state index contributed by atoms with van der Waals surface area (Å²) in [6.45, 7) is 6.08. The maximum atomic E-state index is 12.0. The van der Waals surface area contributed by atoms with Crippen molar-refractivity contribution in [3.63, 3.8) is 0 Å². The maximum Gasteiger partial charge on any atom is 0.326 e. The molecule has 0 saturated carbocycles. The third-order valence-electron chi connectivity index (χ3n) is 3.59. The fraction of sp³-hybridized carbons (Fsp3) is 0.529. The minimum atomic E-state index is -1.03. The van der Waals surface area contributed by atoms with E-state index in [4.69, 9.17) is 8.94 Å². The number of aliphatic carboxylic acids is 1. The Morgan fingerprint density at radius 2 is 2.12 bits per heavy atom. The zero-order valence-electron chi connectivity index (χ0n) is 14.6. The average Bonchev–Trinajstić information content (AvgIpc) is 3.18. The van der Waals surface area contributed by atoms with E-state index >= 15 is 0 Å². The van der Waals surface area contributed by atoms with Crippen LogP contribution in [0.4, 0.5) is 0 Å². The van der Waals surface area contributed by atoms with Crippen LogP contribution in [0.1, 0.15) is 45.9 Å². The van der Waals surface area contributed by atoms with E-state index in [0.717, 1.165) is 0 Å². The summed E-state index contributed by atoms with van der Waals surface area (Å²) in [5.74, 6) is -0.306. The van der Waals surface area contributed by atoms with Gasteiger partial charge in [-0.3, -0.25) is 4.79 Å². The average molecular weight is 349 g/mol. The van der Waals surface area contributed by atoms with Crippen molar-refractivity contribution in [2.45, 2.75) is 52.5 Å². The fourth-order valence-corrected chi connectivity index (χ4v) is 2.18. The molecule has 0 fully saturated rings.